The molecule has 0 spiro atoms. The summed E-state index contributed by atoms with van der Waals surface area (Å²) in [5.41, 5.74) is 7.30. The Morgan fingerprint density at radius 1 is 1.00 bits per heavy atom. The molecule has 0 unspecified atom stereocenters. The Morgan fingerprint density at radius 3 is 2.19 bits per heavy atom. The van der Waals surface area contributed by atoms with Crippen molar-refractivity contribution in [1.29, 1.82) is 0 Å². The van der Waals surface area contributed by atoms with Crippen molar-refractivity contribution in [3.05, 3.63) is 60.2 Å². The molecule has 0 saturated heterocycles. The number of nitrogens with zero attached hydrogens (tertiary/aromatic N) is 1. The van der Waals surface area contributed by atoms with Gasteiger partial charge in [0.05, 0.1) is 11.0 Å². The zero-order valence-electron chi connectivity index (χ0n) is 15.4. The van der Waals surface area contributed by atoms with E-state index in [4.69, 9.17) is 5.73 Å². The monoisotopic (exact) mass is 376 g/mol. The average Bonchev–Trinajstić information content (AvgIpc) is 2.60. The van der Waals surface area contributed by atoms with E-state index in [1.165, 1.54) is 16.4 Å². The van der Waals surface area contributed by atoms with Gasteiger partial charge in [0, 0.05) is 18.8 Å². The molecule has 142 valence electrons. The number of nitrogens with two attached hydrogens (primary N) is 1. The van der Waals surface area contributed by atoms with Crippen LogP contribution >= 0.6 is 0 Å². The van der Waals surface area contributed by atoms with Gasteiger partial charge in [-0.3, -0.25) is 0 Å². The molecule has 6 heteroatoms. The Balaban J connectivity index is 2.09. The summed E-state index contributed by atoms with van der Waals surface area (Å²) in [6.45, 7) is 4.36. The fourth-order valence-electron chi connectivity index (χ4n) is 2.77. The van der Waals surface area contributed by atoms with Gasteiger partial charge in [0.15, 0.2) is 0 Å². The highest BCUT2D eigenvalue weighted by molar-refractivity contribution is 7.89. The number of hydrogen-bond donors (Lipinski definition) is 2. The van der Waals surface area contributed by atoms with E-state index in [-0.39, 0.29) is 17.4 Å². The number of benzene rings is 2. The molecule has 0 amide bonds. The molecule has 3 N–H and O–H groups in total. The number of rotatable bonds is 9. The molecule has 2 aromatic carbocycles. The summed E-state index contributed by atoms with van der Waals surface area (Å²) in [5.74, 6) is 0.153. The fourth-order valence-corrected chi connectivity index (χ4v) is 4.41. The zero-order chi connectivity index (χ0) is 19.2. The normalized spacial score (nSPS) is 13.3. The van der Waals surface area contributed by atoms with Gasteiger partial charge in [0.1, 0.15) is 0 Å². The van der Waals surface area contributed by atoms with Crippen LogP contribution in [0, 0.1) is 5.92 Å². The van der Waals surface area contributed by atoms with E-state index in [2.05, 4.69) is 0 Å². The Hall–Kier alpha value is -1.89. The van der Waals surface area contributed by atoms with Crippen LogP contribution in [0.25, 0.3) is 0 Å². The van der Waals surface area contributed by atoms with Crippen molar-refractivity contribution < 1.29 is 13.5 Å². The molecule has 5 nitrogen and oxygen atoms in total. The van der Waals surface area contributed by atoms with E-state index in [1.54, 1.807) is 12.1 Å². The Morgan fingerprint density at radius 2 is 1.62 bits per heavy atom. The maximum absolute atomic E-state index is 13.0. The standard InChI is InChI=1S/C20H28N2O3S/c1-16(2)14-22(26(24,25)20-12-9-18(21)10-13-20)15-19(23)11-8-17-6-4-3-5-7-17/h3-7,9-10,12-13,16,19,23H,8,11,14-15,21H2,1-2H3/t19-/m1/s1. The SMILES string of the molecule is CC(C)CN(C[C@H](O)CCc1ccccc1)S(=O)(=O)c1ccc(N)cc1. The molecule has 0 aromatic heterocycles. The van der Waals surface area contributed by atoms with Crippen molar-refractivity contribution in [2.45, 2.75) is 37.7 Å². The minimum Gasteiger partial charge on any atom is -0.399 e. The van der Waals surface area contributed by atoms with Crippen molar-refractivity contribution in [1.82, 2.24) is 4.31 Å². The van der Waals surface area contributed by atoms with Crippen molar-refractivity contribution in [3.8, 4) is 0 Å². The van der Waals surface area contributed by atoms with Gasteiger partial charge in [-0.15, -0.1) is 0 Å². The largest absolute Gasteiger partial charge is 0.399 e. The fraction of sp³-hybridized carbons (Fsp3) is 0.400. The van der Waals surface area contributed by atoms with E-state index < -0.39 is 16.1 Å². The smallest absolute Gasteiger partial charge is 0.243 e. The van der Waals surface area contributed by atoms with E-state index in [1.807, 2.05) is 44.2 Å². The second-order valence-electron chi connectivity index (χ2n) is 6.96. The molecular formula is C20H28N2O3S. The summed E-state index contributed by atoms with van der Waals surface area (Å²) < 4.78 is 27.3. The Kier molecular flexibility index (Phi) is 7.20. The summed E-state index contributed by atoms with van der Waals surface area (Å²) in [7, 11) is -3.67. The van der Waals surface area contributed by atoms with Crippen molar-refractivity contribution in [2.75, 3.05) is 18.8 Å². The number of hydrogen-bond acceptors (Lipinski definition) is 4. The molecule has 1 atom stereocenters. The lowest BCUT2D eigenvalue weighted by Gasteiger charge is -2.26. The quantitative estimate of drug-likeness (QED) is 0.659. The number of aliphatic hydroxyl groups is 1. The van der Waals surface area contributed by atoms with Crippen LogP contribution in [0.15, 0.2) is 59.5 Å². The predicted octanol–water partition coefficient (Wildman–Crippen LogP) is 2.91. The lowest BCUT2D eigenvalue weighted by atomic mass is 10.1. The molecule has 2 rings (SSSR count). The summed E-state index contributed by atoms with van der Waals surface area (Å²) >= 11 is 0. The number of aryl methyl sites for hydroxylation is 1. The van der Waals surface area contributed by atoms with Gasteiger partial charge in [-0.25, -0.2) is 8.42 Å². The number of anilines is 1. The van der Waals surface area contributed by atoms with Crippen LogP contribution in [0.5, 0.6) is 0 Å². The molecule has 0 aliphatic rings. The summed E-state index contributed by atoms with van der Waals surface area (Å²) in [5, 5.41) is 10.4. The molecule has 0 bridgehead atoms. The van der Waals surface area contributed by atoms with Crippen molar-refractivity contribution >= 4 is 15.7 Å². The van der Waals surface area contributed by atoms with Crippen LogP contribution in [-0.4, -0.2) is 37.0 Å². The van der Waals surface area contributed by atoms with Crippen LogP contribution in [0.2, 0.25) is 0 Å². The summed E-state index contributed by atoms with van der Waals surface area (Å²) in [4.78, 5) is 0.197. The third-order valence-corrected chi connectivity index (χ3v) is 5.96. The molecule has 0 fully saturated rings. The highest BCUT2D eigenvalue weighted by Gasteiger charge is 2.27. The highest BCUT2D eigenvalue weighted by Crippen LogP contribution is 2.20. The van der Waals surface area contributed by atoms with E-state index in [0.29, 0.717) is 25.1 Å². The number of nitrogen functional groups attached to an aromatic ring is 1. The highest BCUT2D eigenvalue weighted by atomic mass is 32.2. The maximum Gasteiger partial charge on any atom is 0.243 e. The molecule has 0 radical (unpaired) electrons. The van der Waals surface area contributed by atoms with E-state index in [0.717, 1.165) is 5.56 Å². The molecule has 0 saturated carbocycles. The van der Waals surface area contributed by atoms with E-state index >= 15 is 0 Å². The average molecular weight is 377 g/mol. The summed E-state index contributed by atoms with van der Waals surface area (Å²) in [6, 6.07) is 16.0. The third kappa shape index (κ3) is 5.83. The van der Waals surface area contributed by atoms with Gasteiger partial charge in [0.25, 0.3) is 0 Å². The number of sulfonamides is 1. The molecule has 26 heavy (non-hydrogen) atoms. The minimum absolute atomic E-state index is 0.0811. The first kappa shape index (κ1) is 20.4. The first-order valence-electron chi connectivity index (χ1n) is 8.86. The van der Waals surface area contributed by atoms with Gasteiger partial charge >= 0.3 is 0 Å². The van der Waals surface area contributed by atoms with Crippen LogP contribution in [-0.2, 0) is 16.4 Å². The van der Waals surface area contributed by atoms with Crippen molar-refractivity contribution in [2.24, 2.45) is 5.92 Å². The molecule has 0 heterocycles. The second-order valence-corrected chi connectivity index (χ2v) is 8.90. The Labute approximate surface area is 156 Å². The Bertz CT molecular complexity index is 774. The van der Waals surface area contributed by atoms with Crippen LogP contribution in [0.3, 0.4) is 0 Å². The van der Waals surface area contributed by atoms with Gasteiger partial charge in [-0.05, 0) is 48.6 Å². The van der Waals surface area contributed by atoms with Crippen LogP contribution in [0.4, 0.5) is 5.69 Å². The predicted molar refractivity (Wildman–Crippen MR) is 105 cm³/mol. The lowest BCUT2D eigenvalue weighted by molar-refractivity contribution is 0.133. The van der Waals surface area contributed by atoms with Gasteiger partial charge in [-0.1, -0.05) is 44.2 Å². The first-order valence-corrected chi connectivity index (χ1v) is 10.3. The van der Waals surface area contributed by atoms with Crippen LogP contribution in [0.1, 0.15) is 25.8 Å². The molecule has 0 aliphatic heterocycles. The topological polar surface area (TPSA) is 83.6 Å². The zero-order valence-corrected chi connectivity index (χ0v) is 16.2. The summed E-state index contributed by atoms with van der Waals surface area (Å²) in [6.07, 6.45) is 0.493. The maximum atomic E-state index is 13.0. The van der Waals surface area contributed by atoms with E-state index in [9.17, 15) is 13.5 Å². The van der Waals surface area contributed by atoms with Crippen molar-refractivity contribution in [3.63, 3.8) is 0 Å². The van der Waals surface area contributed by atoms with Crippen LogP contribution < -0.4 is 5.73 Å². The molecule has 0 aliphatic carbocycles. The first-order chi connectivity index (χ1) is 12.3. The van der Waals surface area contributed by atoms with Gasteiger partial charge in [0.2, 0.25) is 10.0 Å². The molecule has 2 aromatic rings. The number of aliphatic hydroxyl groups excluding tert-OH is 1. The van der Waals surface area contributed by atoms with Gasteiger partial charge in [-0.2, -0.15) is 4.31 Å². The third-order valence-electron chi connectivity index (χ3n) is 4.11. The lowest BCUT2D eigenvalue weighted by Crippen LogP contribution is -2.40. The van der Waals surface area contributed by atoms with Gasteiger partial charge < -0.3 is 10.8 Å². The minimum atomic E-state index is -3.67. The molecular weight excluding hydrogens is 348 g/mol. The second kappa shape index (κ2) is 9.16.